The number of fused-ring (bicyclic) bond motifs is 2. The van der Waals surface area contributed by atoms with Crippen molar-refractivity contribution in [3.63, 3.8) is 0 Å². The van der Waals surface area contributed by atoms with Crippen molar-refractivity contribution in [3.05, 3.63) is 64.5 Å². The fourth-order valence-electron chi connectivity index (χ4n) is 6.27. The number of anilines is 1. The first-order valence-corrected chi connectivity index (χ1v) is 14.6. The number of nitrogens with one attached hydrogen (secondary N) is 2. The second-order valence-electron chi connectivity index (χ2n) is 11.8. The van der Waals surface area contributed by atoms with E-state index in [0.717, 1.165) is 64.1 Å². The summed E-state index contributed by atoms with van der Waals surface area (Å²) in [6.07, 6.45) is 9.13. The van der Waals surface area contributed by atoms with E-state index < -0.39 is 0 Å². The predicted octanol–water partition coefficient (Wildman–Crippen LogP) is 7.24. The number of nitrogens with zero attached hydrogens (tertiary/aromatic N) is 5. The first-order valence-electron chi connectivity index (χ1n) is 13.8. The number of piperidine rings is 1. The molecule has 40 heavy (non-hydrogen) atoms. The van der Waals surface area contributed by atoms with Gasteiger partial charge in [-0.3, -0.25) is 4.98 Å². The van der Waals surface area contributed by atoms with Crippen LogP contribution in [0.15, 0.2) is 48.9 Å². The molecule has 1 aromatic carbocycles. The number of pyridine rings is 2. The number of aromatic amines is 1. The van der Waals surface area contributed by atoms with Crippen molar-refractivity contribution in [2.24, 2.45) is 5.41 Å². The van der Waals surface area contributed by atoms with Gasteiger partial charge in [0.2, 0.25) is 0 Å². The van der Waals surface area contributed by atoms with E-state index >= 15 is 0 Å². The smallest absolute Gasteiger partial charge is 0.163 e. The van der Waals surface area contributed by atoms with Gasteiger partial charge in [0.25, 0.3) is 0 Å². The minimum Gasteiger partial charge on any atom is -0.355 e. The molecule has 1 saturated heterocycles. The van der Waals surface area contributed by atoms with Crippen LogP contribution in [0.3, 0.4) is 0 Å². The Morgan fingerprint density at radius 3 is 2.62 bits per heavy atom. The van der Waals surface area contributed by atoms with Crippen molar-refractivity contribution in [1.82, 2.24) is 30.2 Å². The highest BCUT2D eigenvalue weighted by atomic mass is 35.5. The normalized spacial score (nSPS) is 18.9. The Balaban J connectivity index is 1.42. The highest BCUT2D eigenvalue weighted by molar-refractivity contribution is 6.36. The zero-order chi connectivity index (χ0) is 27.6. The van der Waals surface area contributed by atoms with Gasteiger partial charge in [0.1, 0.15) is 11.5 Å². The van der Waals surface area contributed by atoms with Crippen molar-refractivity contribution >= 4 is 51.0 Å². The van der Waals surface area contributed by atoms with Gasteiger partial charge in [-0.25, -0.2) is 15.0 Å². The molecule has 5 heterocycles. The van der Waals surface area contributed by atoms with Crippen LogP contribution in [0.25, 0.3) is 44.6 Å². The number of benzene rings is 1. The molecule has 2 fully saturated rings. The SMILES string of the molecule is CN(c1nc(-c2ccnc3[nH]c(-c4ccc(Cl)cc4Cl)cc23)nc2cncc(C3CC3)c12)C1CCNCC1(C)C. The van der Waals surface area contributed by atoms with E-state index in [1.54, 1.807) is 12.3 Å². The molecular formula is C31H31Cl2N7. The molecule has 204 valence electrons. The van der Waals surface area contributed by atoms with Crippen LogP contribution in [0.1, 0.15) is 44.6 Å². The van der Waals surface area contributed by atoms with E-state index in [1.165, 1.54) is 18.4 Å². The van der Waals surface area contributed by atoms with Gasteiger partial charge in [0.05, 0.1) is 16.7 Å². The first kappa shape index (κ1) is 25.7. The van der Waals surface area contributed by atoms with Crippen molar-refractivity contribution in [2.45, 2.75) is 45.1 Å². The second kappa shape index (κ2) is 9.68. The van der Waals surface area contributed by atoms with Crippen LogP contribution in [-0.4, -0.2) is 51.1 Å². The van der Waals surface area contributed by atoms with Crippen molar-refractivity contribution in [2.75, 3.05) is 25.0 Å². The van der Waals surface area contributed by atoms with Gasteiger partial charge in [0.15, 0.2) is 5.82 Å². The topological polar surface area (TPSA) is 82.6 Å². The summed E-state index contributed by atoms with van der Waals surface area (Å²) in [7, 11) is 2.19. The van der Waals surface area contributed by atoms with Crippen molar-refractivity contribution < 1.29 is 0 Å². The number of aromatic nitrogens is 5. The van der Waals surface area contributed by atoms with Gasteiger partial charge in [-0.1, -0.05) is 37.0 Å². The lowest BCUT2D eigenvalue weighted by atomic mass is 9.79. The molecule has 0 amide bonds. The second-order valence-corrected chi connectivity index (χ2v) is 12.6. The maximum Gasteiger partial charge on any atom is 0.163 e. The highest BCUT2D eigenvalue weighted by Gasteiger charge is 2.37. The Labute approximate surface area is 243 Å². The van der Waals surface area contributed by atoms with E-state index in [-0.39, 0.29) is 5.41 Å². The van der Waals surface area contributed by atoms with E-state index in [1.807, 2.05) is 30.6 Å². The van der Waals surface area contributed by atoms with Crippen LogP contribution in [0.4, 0.5) is 5.82 Å². The van der Waals surface area contributed by atoms with Gasteiger partial charge in [0, 0.05) is 64.6 Å². The minimum absolute atomic E-state index is 0.0918. The average molecular weight is 573 g/mol. The van der Waals surface area contributed by atoms with E-state index in [0.29, 0.717) is 27.8 Å². The Bertz CT molecular complexity index is 1760. The number of hydrogen-bond donors (Lipinski definition) is 2. The number of H-pyrrole nitrogens is 1. The first-order chi connectivity index (χ1) is 19.3. The van der Waals surface area contributed by atoms with E-state index in [2.05, 4.69) is 52.1 Å². The largest absolute Gasteiger partial charge is 0.355 e. The Kier molecular flexibility index (Phi) is 6.22. The summed E-state index contributed by atoms with van der Waals surface area (Å²) >= 11 is 12.7. The number of hydrogen-bond acceptors (Lipinski definition) is 6. The van der Waals surface area contributed by atoms with Gasteiger partial charge < -0.3 is 15.2 Å². The Hall–Kier alpha value is -3.26. The standard InChI is InChI=1S/C31H31Cl2N7/c1-31(2)16-34-10-9-26(31)40(3)30-27-22(17-4-5-17)14-35-15-25(27)38-29(39-30)19-8-11-36-28-21(19)13-24(37-28)20-7-6-18(32)12-23(20)33/h6-8,11-15,17,26,34H,4-5,9-10,16H2,1-3H3,(H,36,37). The highest BCUT2D eigenvalue weighted by Crippen LogP contribution is 2.46. The minimum atomic E-state index is 0.0918. The van der Waals surface area contributed by atoms with E-state index in [4.69, 9.17) is 33.2 Å². The quantitative estimate of drug-likeness (QED) is 0.231. The molecular weight excluding hydrogens is 541 g/mol. The zero-order valence-electron chi connectivity index (χ0n) is 22.8. The third-order valence-electron chi connectivity index (χ3n) is 8.51. The lowest BCUT2D eigenvalue weighted by Crippen LogP contribution is -2.53. The Morgan fingerprint density at radius 2 is 1.85 bits per heavy atom. The molecule has 4 aromatic heterocycles. The monoisotopic (exact) mass is 571 g/mol. The molecule has 1 aliphatic heterocycles. The van der Waals surface area contributed by atoms with Gasteiger partial charge in [-0.05, 0) is 73.0 Å². The van der Waals surface area contributed by atoms with Crippen LogP contribution < -0.4 is 10.2 Å². The number of rotatable bonds is 5. The lowest BCUT2D eigenvalue weighted by Gasteiger charge is -2.45. The number of halogens is 2. The maximum atomic E-state index is 6.55. The third-order valence-corrected chi connectivity index (χ3v) is 9.05. The average Bonchev–Trinajstić information content (AvgIpc) is 3.69. The molecule has 9 heteroatoms. The maximum absolute atomic E-state index is 6.55. The zero-order valence-corrected chi connectivity index (χ0v) is 24.3. The summed E-state index contributed by atoms with van der Waals surface area (Å²) in [6, 6.07) is 9.90. The van der Waals surface area contributed by atoms with E-state index in [9.17, 15) is 0 Å². The molecule has 1 saturated carbocycles. The molecule has 7 rings (SSSR count). The van der Waals surface area contributed by atoms with Crippen molar-refractivity contribution in [1.29, 1.82) is 0 Å². The Morgan fingerprint density at radius 1 is 1.00 bits per heavy atom. The summed E-state index contributed by atoms with van der Waals surface area (Å²) < 4.78 is 0. The third kappa shape index (κ3) is 4.41. The molecule has 2 aliphatic rings. The molecule has 1 unspecified atom stereocenters. The van der Waals surface area contributed by atoms with Crippen LogP contribution in [0.2, 0.25) is 10.0 Å². The molecule has 0 spiro atoms. The summed E-state index contributed by atoms with van der Waals surface area (Å²) in [5, 5.41) is 6.81. The molecule has 7 nitrogen and oxygen atoms in total. The molecule has 0 radical (unpaired) electrons. The summed E-state index contributed by atoms with van der Waals surface area (Å²) in [6.45, 7) is 6.64. The summed E-state index contributed by atoms with van der Waals surface area (Å²) in [5.74, 6) is 2.17. The van der Waals surface area contributed by atoms with Crippen LogP contribution in [-0.2, 0) is 0 Å². The molecule has 1 atom stereocenters. The van der Waals surface area contributed by atoms with Gasteiger partial charge in [-0.15, -0.1) is 0 Å². The predicted molar refractivity (Wildman–Crippen MR) is 163 cm³/mol. The molecule has 0 bridgehead atoms. The molecule has 5 aromatic rings. The van der Waals surface area contributed by atoms with Crippen LogP contribution >= 0.6 is 23.2 Å². The van der Waals surface area contributed by atoms with Gasteiger partial charge >= 0.3 is 0 Å². The van der Waals surface area contributed by atoms with Gasteiger partial charge in [-0.2, -0.15) is 0 Å². The van der Waals surface area contributed by atoms with Crippen LogP contribution in [0, 0.1) is 5.41 Å². The fourth-order valence-corrected chi connectivity index (χ4v) is 6.78. The fraction of sp³-hybridized carbons (Fsp3) is 0.355. The summed E-state index contributed by atoms with van der Waals surface area (Å²) in [4.78, 5) is 25.5. The van der Waals surface area contributed by atoms with Crippen molar-refractivity contribution in [3.8, 4) is 22.6 Å². The molecule has 1 aliphatic carbocycles. The molecule has 2 N–H and O–H groups in total. The lowest BCUT2D eigenvalue weighted by molar-refractivity contribution is 0.215. The van der Waals surface area contributed by atoms with Crippen LogP contribution in [0.5, 0.6) is 0 Å². The summed E-state index contributed by atoms with van der Waals surface area (Å²) in [5.41, 5.74) is 5.62.